The number of benzene rings is 1. The van der Waals surface area contributed by atoms with Gasteiger partial charge in [-0.25, -0.2) is 0 Å². The van der Waals surface area contributed by atoms with Gasteiger partial charge in [0, 0.05) is 30.8 Å². The predicted octanol–water partition coefficient (Wildman–Crippen LogP) is 3.75. The van der Waals surface area contributed by atoms with Crippen LogP contribution in [0.3, 0.4) is 0 Å². The number of hydrogen-bond donors (Lipinski definition) is 1. The van der Waals surface area contributed by atoms with Crippen LogP contribution in [0.15, 0.2) is 33.3 Å². The fourth-order valence-electron chi connectivity index (χ4n) is 2.59. The number of carbonyl (C=O) groups excluding carboxylic acids is 1. The van der Waals surface area contributed by atoms with Crippen LogP contribution in [0.2, 0.25) is 0 Å². The van der Waals surface area contributed by atoms with Crippen LogP contribution in [0, 0.1) is 0 Å². The van der Waals surface area contributed by atoms with Crippen molar-refractivity contribution in [1.82, 2.24) is 9.88 Å². The largest absolute Gasteiger partial charge is 0.496 e. The topological polar surface area (TPSA) is 45.3 Å². The number of carbonyl (C=O) groups is 1. The molecular formula is C15H14Br2N2O2. The van der Waals surface area contributed by atoms with Crippen molar-refractivity contribution in [2.24, 2.45) is 0 Å². The molecule has 1 aromatic carbocycles. The molecule has 0 unspecified atom stereocenters. The zero-order chi connectivity index (χ0) is 15.0. The number of ether oxygens (including phenoxy) is 1. The van der Waals surface area contributed by atoms with E-state index < -0.39 is 0 Å². The molecule has 3 rings (SSSR count). The summed E-state index contributed by atoms with van der Waals surface area (Å²) in [5, 5.41) is 0. The quantitative estimate of drug-likeness (QED) is 0.814. The molecule has 1 amide bonds. The van der Waals surface area contributed by atoms with Crippen LogP contribution in [0.4, 0.5) is 0 Å². The van der Waals surface area contributed by atoms with Crippen LogP contribution in [0.1, 0.15) is 21.6 Å². The Morgan fingerprint density at radius 1 is 1.33 bits per heavy atom. The Bertz CT molecular complexity index is 697. The Labute approximate surface area is 139 Å². The number of H-pyrrole nitrogens is 1. The molecule has 0 radical (unpaired) electrons. The number of nitrogens with zero attached hydrogens (tertiary/aromatic N) is 1. The van der Waals surface area contributed by atoms with E-state index in [-0.39, 0.29) is 5.91 Å². The van der Waals surface area contributed by atoms with Crippen LogP contribution in [-0.2, 0) is 13.0 Å². The molecule has 2 heterocycles. The lowest BCUT2D eigenvalue weighted by atomic mass is 10.1. The van der Waals surface area contributed by atoms with Gasteiger partial charge in [0.25, 0.3) is 5.91 Å². The highest BCUT2D eigenvalue weighted by Gasteiger charge is 2.27. The SMILES string of the molecule is COc1ccccc1C(=O)N1CCc2[nH]c(Br)c(Br)c2C1. The van der Waals surface area contributed by atoms with Gasteiger partial charge in [0.1, 0.15) is 5.75 Å². The summed E-state index contributed by atoms with van der Waals surface area (Å²) in [4.78, 5) is 17.9. The second-order valence-electron chi connectivity index (χ2n) is 4.89. The van der Waals surface area contributed by atoms with E-state index in [2.05, 4.69) is 36.8 Å². The molecule has 1 N–H and O–H groups in total. The Kier molecular flexibility index (Phi) is 4.08. The number of hydrogen-bond acceptors (Lipinski definition) is 2. The van der Waals surface area contributed by atoms with E-state index in [0.29, 0.717) is 24.4 Å². The van der Waals surface area contributed by atoms with Crippen molar-refractivity contribution in [3.63, 3.8) is 0 Å². The van der Waals surface area contributed by atoms with Gasteiger partial charge in [-0.3, -0.25) is 4.79 Å². The van der Waals surface area contributed by atoms with Crippen molar-refractivity contribution in [3.05, 3.63) is 50.2 Å². The number of fused-ring (bicyclic) bond motifs is 1. The lowest BCUT2D eigenvalue weighted by molar-refractivity contribution is 0.0730. The molecule has 2 aromatic rings. The molecule has 6 heteroatoms. The smallest absolute Gasteiger partial charge is 0.257 e. The molecule has 0 saturated carbocycles. The lowest BCUT2D eigenvalue weighted by Crippen LogP contribution is -2.36. The third-order valence-corrected chi connectivity index (χ3v) is 5.69. The summed E-state index contributed by atoms with van der Waals surface area (Å²) in [7, 11) is 1.58. The molecule has 1 aliphatic rings. The Morgan fingerprint density at radius 2 is 2.10 bits per heavy atom. The third kappa shape index (κ3) is 2.62. The summed E-state index contributed by atoms with van der Waals surface area (Å²) in [6.07, 6.45) is 0.820. The summed E-state index contributed by atoms with van der Waals surface area (Å²) in [6.45, 7) is 1.29. The summed E-state index contributed by atoms with van der Waals surface area (Å²) in [5.41, 5.74) is 2.92. The van der Waals surface area contributed by atoms with E-state index in [1.165, 1.54) is 5.69 Å². The first kappa shape index (κ1) is 14.7. The van der Waals surface area contributed by atoms with Crippen molar-refractivity contribution in [2.45, 2.75) is 13.0 Å². The van der Waals surface area contributed by atoms with E-state index >= 15 is 0 Å². The summed E-state index contributed by atoms with van der Waals surface area (Å²) in [5.74, 6) is 0.616. The summed E-state index contributed by atoms with van der Waals surface area (Å²) >= 11 is 7.03. The molecule has 1 aliphatic heterocycles. The van der Waals surface area contributed by atoms with E-state index in [9.17, 15) is 4.79 Å². The average molecular weight is 414 g/mol. The maximum atomic E-state index is 12.7. The van der Waals surface area contributed by atoms with Gasteiger partial charge < -0.3 is 14.6 Å². The number of rotatable bonds is 2. The standard InChI is InChI=1S/C15H14Br2N2O2/c1-21-12-5-3-2-4-9(12)15(20)19-7-6-11-10(8-19)13(16)14(17)18-11/h2-5,18H,6-8H2,1H3. The number of aromatic amines is 1. The third-order valence-electron chi connectivity index (χ3n) is 3.69. The van der Waals surface area contributed by atoms with Crippen molar-refractivity contribution in [1.29, 1.82) is 0 Å². The molecule has 0 atom stereocenters. The van der Waals surface area contributed by atoms with Crippen LogP contribution >= 0.6 is 31.9 Å². The van der Waals surface area contributed by atoms with Crippen LogP contribution < -0.4 is 4.74 Å². The first-order chi connectivity index (χ1) is 10.1. The molecule has 110 valence electrons. The lowest BCUT2D eigenvalue weighted by Gasteiger charge is -2.27. The van der Waals surface area contributed by atoms with Crippen molar-refractivity contribution in [3.8, 4) is 5.75 Å². The second kappa shape index (κ2) is 5.85. The van der Waals surface area contributed by atoms with Crippen molar-refractivity contribution in [2.75, 3.05) is 13.7 Å². The van der Waals surface area contributed by atoms with Gasteiger partial charge in [0.05, 0.1) is 21.7 Å². The fraction of sp³-hybridized carbons (Fsp3) is 0.267. The minimum absolute atomic E-state index is 0.00215. The molecule has 0 aliphatic carbocycles. The molecule has 0 fully saturated rings. The van der Waals surface area contributed by atoms with Crippen LogP contribution in [0.5, 0.6) is 5.75 Å². The average Bonchev–Trinajstić information content (AvgIpc) is 2.81. The molecule has 21 heavy (non-hydrogen) atoms. The van der Waals surface area contributed by atoms with Gasteiger partial charge in [-0.2, -0.15) is 0 Å². The number of para-hydroxylation sites is 1. The highest BCUT2D eigenvalue weighted by molar-refractivity contribution is 9.13. The van der Waals surface area contributed by atoms with Gasteiger partial charge in [0.2, 0.25) is 0 Å². The van der Waals surface area contributed by atoms with Gasteiger partial charge in [0.15, 0.2) is 0 Å². The monoisotopic (exact) mass is 412 g/mol. The Balaban J connectivity index is 1.89. The molecule has 1 aromatic heterocycles. The van der Waals surface area contributed by atoms with E-state index in [1.54, 1.807) is 13.2 Å². The van der Waals surface area contributed by atoms with E-state index in [0.717, 1.165) is 21.1 Å². The Morgan fingerprint density at radius 3 is 2.86 bits per heavy atom. The highest BCUT2D eigenvalue weighted by atomic mass is 79.9. The minimum atomic E-state index is 0.00215. The maximum absolute atomic E-state index is 12.7. The fourth-order valence-corrected chi connectivity index (χ4v) is 3.53. The van der Waals surface area contributed by atoms with Gasteiger partial charge >= 0.3 is 0 Å². The number of methoxy groups -OCH3 is 1. The molecule has 4 nitrogen and oxygen atoms in total. The molecule has 0 saturated heterocycles. The maximum Gasteiger partial charge on any atom is 0.257 e. The predicted molar refractivity (Wildman–Crippen MR) is 87.6 cm³/mol. The summed E-state index contributed by atoms with van der Waals surface area (Å²) < 4.78 is 7.21. The van der Waals surface area contributed by atoms with Crippen LogP contribution in [0.25, 0.3) is 0 Å². The highest BCUT2D eigenvalue weighted by Crippen LogP contribution is 2.33. The first-order valence-electron chi connectivity index (χ1n) is 6.58. The number of amides is 1. The van der Waals surface area contributed by atoms with E-state index in [4.69, 9.17) is 4.74 Å². The number of aromatic nitrogens is 1. The second-order valence-corrected chi connectivity index (χ2v) is 6.47. The minimum Gasteiger partial charge on any atom is -0.496 e. The van der Waals surface area contributed by atoms with Crippen molar-refractivity contribution >= 4 is 37.8 Å². The first-order valence-corrected chi connectivity index (χ1v) is 8.17. The Hall–Kier alpha value is -1.27. The van der Waals surface area contributed by atoms with Gasteiger partial charge in [-0.05, 0) is 44.0 Å². The van der Waals surface area contributed by atoms with Crippen LogP contribution in [-0.4, -0.2) is 29.4 Å². The number of nitrogens with one attached hydrogen (secondary N) is 1. The number of halogens is 2. The molecule has 0 bridgehead atoms. The van der Waals surface area contributed by atoms with Gasteiger partial charge in [-0.1, -0.05) is 12.1 Å². The molecular weight excluding hydrogens is 400 g/mol. The van der Waals surface area contributed by atoms with Gasteiger partial charge in [-0.15, -0.1) is 0 Å². The molecule has 0 spiro atoms. The summed E-state index contributed by atoms with van der Waals surface area (Å²) in [6, 6.07) is 7.34. The normalized spacial score (nSPS) is 14.0. The van der Waals surface area contributed by atoms with E-state index in [1.807, 2.05) is 23.1 Å². The zero-order valence-corrected chi connectivity index (χ0v) is 14.6. The zero-order valence-electron chi connectivity index (χ0n) is 11.5. The van der Waals surface area contributed by atoms with Crippen molar-refractivity contribution < 1.29 is 9.53 Å².